The van der Waals surface area contributed by atoms with Gasteiger partial charge in [-0.15, -0.1) is 12.4 Å². The molecule has 166 valence electrons. The Morgan fingerprint density at radius 1 is 1.19 bits per heavy atom. The summed E-state index contributed by atoms with van der Waals surface area (Å²) in [4.78, 5) is 15.6. The molecule has 3 aromatic rings. The summed E-state index contributed by atoms with van der Waals surface area (Å²) in [6.07, 6.45) is 4.67. The van der Waals surface area contributed by atoms with E-state index in [0.29, 0.717) is 22.7 Å². The van der Waals surface area contributed by atoms with Gasteiger partial charge in [0.15, 0.2) is 0 Å². The van der Waals surface area contributed by atoms with Gasteiger partial charge in [0, 0.05) is 5.56 Å². The van der Waals surface area contributed by atoms with Crippen LogP contribution in [0.5, 0.6) is 5.75 Å². The Balaban J connectivity index is 0.00000289. The highest BCUT2D eigenvalue weighted by molar-refractivity contribution is 5.85. The molecule has 0 saturated heterocycles. The highest BCUT2D eigenvalue weighted by Gasteiger charge is 2.19. The molecule has 2 aromatic carbocycles. The van der Waals surface area contributed by atoms with Crippen LogP contribution in [0.3, 0.4) is 0 Å². The number of nitrogens with zero attached hydrogens (tertiary/aromatic N) is 3. The van der Waals surface area contributed by atoms with Crippen LogP contribution in [0.15, 0.2) is 47.0 Å². The topological polar surface area (TPSA) is 124 Å². The molecule has 2 N–H and O–H groups in total. The summed E-state index contributed by atoms with van der Waals surface area (Å²) >= 11 is 0. The van der Waals surface area contributed by atoms with Crippen molar-refractivity contribution in [3.8, 4) is 34.7 Å². The summed E-state index contributed by atoms with van der Waals surface area (Å²) in [6, 6.07) is 14.7. The molecule has 4 rings (SSSR count). The maximum atomic E-state index is 11.2. The van der Waals surface area contributed by atoms with Crippen LogP contribution in [0, 0.1) is 11.3 Å². The van der Waals surface area contributed by atoms with E-state index in [4.69, 9.17) is 19.7 Å². The third-order valence-electron chi connectivity index (χ3n) is 5.15. The van der Waals surface area contributed by atoms with Crippen molar-refractivity contribution in [2.45, 2.75) is 38.4 Å². The lowest BCUT2D eigenvalue weighted by atomic mass is 10.1. The van der Waals surface area contributed by atoms with Gasteiger partial charge in [0.05, 0.1) is 23.8 Å². The summed E-state index contributed by atoms with van der Waals surface area (Å²) in [5, 5.41) is 13.6. The monoisotopic (exact) mass is 454 g/mol. The number of nitrogens with two attached hydrogens (primary N) is 1. The largest absolute Gasteiger partial charge is 0.490 e. The molecule has 0 spiro atoms. The summed E-state index contributed by atoms with van der Waals surface area (Å²) in [7, 11) is 0. The standard InChI is InChI=1S/C23H22N4O4.ClH/c24-12-17-11-19(30-18-3-1-2-4-18)9-10-20(17)23-26-22(27-31-23)16-7-5-15(6-8-16)14-29-21(28)13-25;/h5-11,18H,1-4,13-14,25H2;1H. The zero-order valence-corrected chi connectivity index (χ0v) is 18.1. The zero-order valence-electron chi connectivity index (χ0n) is 17.3. The molecule has 0 atom stereocenters. The van der Waals surface area contributed by atoms with E-state index in [0.717, 1.165) is 24.0 Å². The average Bonchev–Trinajstić information content (AvgIpc) is 3.50. The van der Waals surface area contributed by atoms with E-state index in [1.165, 1.54) is 12.8 Å². The Morgan fingerprint density at radius 2 is 1.94 bits per heavy atom. The Labute approximate surface area is 191 Å². The van der Waals surface area contributed by atoms with Crippen molar-refractivity contribution in [1.82, 2.24) is 10.1 Å². The zero-order chi connectivity index (χ0) is 21.6. The lowest BCUT2D eigenvalue weighted by Gasteiger charge is -2.13. The number of ether oxygens (including phenoxy) is 2. The van der Waals surface area contributed by atoms with Crippen molar-refractivity contribution in [3.63, 3.8) is 0 Å². The summed E-state index contributed by atoms with van der Waals surface area (Å²) in [5.41, 5.74) is 7.76. The molecule has 1 aliphatic rings. The number of hydrogen-bond acceptors (Lipinski definition) is 8. The number of carbonyl (C=O) groups is 1. The number of hydrogen-bond donors (Lipinski definition) is 1. The molecule has 1 aliphatic carbocycles. The van der Waals surface area contributed by atoms with Gasteiger partial charge in [0.2, 0.25) is 5.82 Å². The molecule has 0 aliphatic heterocycles. The lowest BCUT2D eigenvalue weighted by molar-refractivity contribution is -0.143. The lowest BCUT2D eigenvalue weighted by Crippen LogP contribution is -2.16. The van der Waals surface area contributed by atoms with Crippen LogP contribution in [-0.4, -0.2) is 28.8 Å². The third-order valence-corrected chi connectivity index (χ3v) is 5.15. The van der Waals surface area contributed by atoms with Crippen LogP contribution in [-0.2, 0) is 16.1 Å². The first-order chi connectivity index (χ1) is 15.2. The molecular formula is C23H23ClN4O4. The van der Waals surface area contributed by atoms with Gasteiger partial charge in [-0.2, -0.15) is 10.2 Å². The Morgan fingerprint density at radius 3 is 2.62 bits per heavy atom. The second-order valence-electron chi connectivity index (χ2n) is 7.33. The molecular weight excluding hydrogens is 432 g/mol. The highest BCUT2D eigenvalue weighted by atomic mass is 35.5. The van der Waals surface area contributed by atoms with Crippen LogP contribution >= 0.6 is 12.4 Å². The van der Waals surface area contributed by atoms with Crippen LogP contribution in [0.1, 0.15) is 36.8 Å². The van der Waals surface area contributed by atoms with Gasteiger partial charge in [-0.05, 0) is 49.4 Å². The van der Waals surface area contributed by atoms with Crippen LogP contribution in [0.25, 0.3) is 22.8 Å². The van der Waals surface area contributed by atoms with Gasteiger partial charge < -0.3 is 19.7 Å². The van der Waals surface area contributed by atoms with Crippen LogP contribution in [0.4, 0.5) is 0 Å². The van der Waals surface area contributed by atoms with Crippen molar-refractivity contribution >= 4 is 18.4 Å². The molecule has 1 fully saturated rings. The second-order valence-corrected chi connectivity index (χ2v) is 7.33. The molecule has 9 heteroatoms. The number of nitriles is 1. The molecule has 0 radical (unpaired) electrons. The third kappa shape index (κ3) is 5.44. The number of rotatable bonds is 7. The van der Waals surface area contributed by atoms with Crippen molar-refractivity contribution in [2.24, 2.45) is 5.73 Å². The first-order valence-corrected chi connectivity index (χ1v) is 10.2. The first-order valence-electron chi connectivity index (χ1n) is 10.2. The molecule has 0 amide bonds. The van der Waals surface area contributed by atoms with E-state index in [1.807, 2.05) is 30.3 Å². The van der Waals surface area contributed by atoms with E-state index in [9.17, 15) is 10.1 Å². The molecule has 0 bridgehead atoms. The van der Waals surface area contributed by atoms with Crippen molar-refractivity contribution in [3.05, 3.63) is 53.6 Å². The fourth-order valence-corrected chi connectivity index (χ4v) is 3.50. The quantitative estimate of drug-likeness (QED) is 0.530. The molecule has 1 heterocycles. The van der Waals surface area contributed by atoms with Crippen molar-refractivity contribution < 1.29 is 18.8 Å². The van der Waals surface area contributed by atoms with Gasteiger partial charge in [0.1, 0.15) is 18.4 Å². The van der Waals surface area contributed by atoms with E-state index in [-0.39, 0.29) is 37.6 Å². The molecule has 1 saturated carbocycles. The van der Waals surface area contributed by atoms with Gasteiger partial charge >= 0.3 is 5.97 Å². The molecule has 32 heavy (non-hydrogen) atoms. The molecule has 8 nitrogen and oxygen atoms in total. The van der Waals surface area contributed by atoms with Gasteiger partial charge in [-0.3, -0.25) is 4.79 Å². The van der Waals surface area contributed by atoms with Gasteiger partial charge in [0.25, 0.3) is 5.89 Å². The van der Waals surface area contributed by atoms with E-state index in [1.54, 1.807) is 12.1 Å². The van der Waals surface area contributed by atoms with Crippen molar-refractivity contribution in [2.75, 3.05) is 6.54 Å². The molecule has 1 aromatic heterocycles. The average molecular weight is 455 g/mol. The second kappa shape index (κ2) is 10.8. The Kier molecular flexibility index (Phi) is 7.82. The number of benzene rings is 2. The predicted molar refractivity (Wildman–Crippen MR) is 119 cm³/mol. The first kappa shape index (κ1) is 23.3. The SMILES string of the molecule is Cl.N#Cc1cc(OC2CCCC2)ccc1-c1nc(-c2ccc(COC(=O)CN)cc2)no1. The minimum atomic E-state index is -0.458. The van der Waals surface area contributed by atoms with E-state index in [2.05, 4.69) is 16.2 Å². The maximum absolute atomic E-state index is 11.2. The van der Waals surface area contributed by atoms with Crippen LogP contribution < -0.4 is 10.5 Å². The number of aromatic nitrogens is 2. The number of carbonyl (C=O) groups excluding carboxylic acids is 1. The number of halogens is 1. The Hall–Kier alpha value is -3.41. The fraction of sp³-hybridized carbons (Fsp3) is 0.304. The smallest absolute Gasteiger partial charge is 0.320 e. The van der Waals surface area contributed by atoms with Gasteiger partial charge in [-0.1, -0.05) is 29.4 Å². The van der Waals surface area contributed by atoms with E-state index < -0.39 is 5.97 Å². The highest BCUT2D eigenvalue weighted by Crippen LogP contribution is 2.30. The number of esters is 1. The van der Waals surface area contributed by atoms with Crippen LogP contribution in [0.2, 0.25) is 0 Å². The fourth-order valence-electron chi connectivity index (χ4n) is 3.50. The predicted octanol–water partition coefficient (Wildman–Crippen LogP) is 4.02. The Bertz CT molecular complexity index is 1100. The molecule has 0 unspecified atom stereocenters. The maximum Gasteiger partial charge on any atom is 0.320 e. The minimum Gasteiger partial charge on any atom is -0.490 e. The van der Waals surface area contributed by atoms with E-state index >= 15 is 0 Å². The van der Waals surface area contributed by atoms with Crippen molar-refractivity contribution in [1.29, 1.82) is 5.26 Å². The summed E-state index contributed by atoms with van der Waals surface area (Å²) in [5.74, 6) is 0.883. The minimum absolute atomic E-state index is 0. The summed E-state index contributed by atoms with van der Waals surface area (Å²) in [6.45, 7) is -0.00327. The summed E-state index contributed by atoms with van der Waals surface area (Å²) < 4.78 is 16.4. The normalized spacial score (nSPS) is 13.2. The van der Waals surface area contributed by atoms with Gasteiger partial charge in [-0.25, -0.2) is 0 Å².